The summed E-state index contributed by atoms with van der Waals surface area (Å²) < 4.78 is 0. The number of carbonyl (C=O) groups is 2. The number of benzene rings is 2. The van der Waals surface area contributed by atoms with E-state index in [0.717, 1.165) is 4.90 Å². The molecule has 0 radical (unpaired) electrons. The van der Waals surface area contributed by atoms with Crippen molar-refractivity contribution in [3.63, 3.8) is 0 Å². The van der Waals surface area contributed by atoms with E-state index in [0.29, 0.717) is 16.3 Å². The summed E-state index contributed by atoms with van der Waals surface area (Å²) in [4.78, 5) is 24.1. The molecule has 0 unspecified atom stereocenters. The highest BCUT2D eigenvalue weighted by Crippen LogP contribution is 2.24. The van der Waals surface area contributed by atoms with Crippen LogP contribution >= 0.6 is 23.4 Å². The topological polar surface area (TPSA) is 66.4 Å². The lowest BCUT2D eigenvalue weighted by Crippen LogP contribution is -2.13. The Morgan fingerprint density at radius 3 is 2.62 bits per heavy atom. The van der Waals surface area contributed by atoms with Crippen LogP contribution in [0.2, 0.25) is 5.02 Å². The quantitative estimate of drug-likeness (QED) is 0.835. The number of halogens is 1. The molecule has 0 aliphatic carbocycles. The number of anilines is 1. The molecule has 2 aromatic rings. The Balaban J connectivity index is 2.25. The lowest BCUT2D eigenvalue weighted by atomic mass is 10.1. The number of amides is 1. The van der Waals surface area contributed by atoms with Gasteiger partial charge < -0.3 is 10.4 Å². The van der Waals surface area contributed by atoms with Crippen molar-refractivity contribution >= 4 is 40.9 Å². The normalized spacial score (nSPS) is 10.2. The minimum Gasteiger partial charge on any atom is -0.478 e. The van der Waals surface area contributed by atoms with Gasteiger partial charge in [0.25, 0.3) is 5.91 Å². The molecule has 0 heterocycles. The maximum absolute atomic E-state index is 12.2. The third kappa shape index (κ3) is 3.77. The monoisotopic (exact) mass is 321 g/mol. The van der Waals surface area contributed by atoms with Gasteiger partial charge in [-0.15, -0.1) is 11.8 Å². The molecule has 2 N–H and O–H groups in total. The van der Waals surface area contributed by atoms with Crippen LogP contribution in [0.4, 0.5) is 5.69 Å². The molecule has 4 nitrogen and oxygen atoms in total. The summed E-state index contributed by atoms with van der Waals surface area (Å²) in [6.45, 7) is 0. The van der Waals surface area contributed by atoms with E-state index in [-0.39, 0.29) is 11.5 Å². The zero-order chi connectivity index (χ0) is 15.4. The second kappa shape index (κ2) is 6.65. The average molecular weight is 322 g/mol. The van der Waals surface area contributed by atoms with Crippen LogP contribution in [0.3, 0.4) is 0 Å². The summed E-state index contributed by atoms with van der Waals surface area (Å²) in [5, 5.41) is 11.9. The summed E-state index contributed by atoms with van der Waals surface area (Å²) in [7, 11) is 0. The molecule has 0 aliphatic rings. The van der Waals surface area contributed by atoms with Gasteiger partial charge in [-0.2, -0.15) is 0 Å². The molecule has 0 aliphatic heterocycles. The number of rotatable bonds is 4. The zero-order valence-corrected chi connectivity index (χ0v) is 12.7. The van der Waals surface area contributed by atoms with Crippen molar-refractivity contribution in [3.8, 4) is 0 Å². The van der Waals surface area contributed by atoms with Crippen LogP contribution in [0.25, 0.3) is 0 Å². The van der Waals surface area contributed by atoms with Gasteiger partial charge >= 0.3 is 5.97 Å². The lowest BCUT2D eigenvalue weighted by Gasteiger charge is -2.08. The van der Waals surface area contributed by atoms with E-state index in [9.17, 15) is 9.59 Å². The number of carbonyl (C=O) groups excluding carboxylic acids is 1. The van der Waals surface area contributed by atoms with Crippen LogP contribution < -0.4 is 5.32 Å². The van der Waals surface area contributed by atoms with E-state index in [1.807, 2.05) is 12.3 Å². The molecule has 1 amide bonds. The van der Waals surface area contributed by atoms with Gasteiger partial charge in [-0.3, -0.25) is 4.79 Å². The van der Waals surface area contributed by atoms with Gasteiger partial charge in [-0.05, 0) is 42.7 Å². The third-order valence-corrected chi connectivity index (χ3v) is 3.84. The van der Waals surface area contributed by atoms with Crippen LogP contribution in [-0.4, -0.2) is 23.2 Å². The Morgan fingerprint density at radius 2 is 1.95 bits per heavy atom. The molecular weight excluding hydrogens is 310 g/mol. The van der Waals surface area contributed by atoms with Crippen molar-refractivity contribution in [1.29, 1.82) is 0 Å². The van der Waals surface area contributed by atoms with E-state index in [4.69, 9.17) is 16.7 Å². The molecule has 21 heavy (non-hydrogen) atoms. The highest BCUT2D eigenvalue weighted by molar-refractivity contribution is 7.98. The van der Waals surface area contributed by atoms with Crippen molar-refractivity contribution in [2.45, 2.75) is 4.90 Å². The maximum Gasteiger partial charge on any atom is 0.335 e. The fraction of sp³-hybridized carbons (Fsp3) is 0.0667. The predicted octanol–water partition coefficient (Wildman–Crippen LogP) is 4.01. The molecule has 0 spiro atoms. The summed E-state index contributed by atoms with van der Waals surface area (Å²) in [6, 6.07) is 11.2. The van der Waals surface area contributed by atoms with E-state index in [1.54, 1.807) is 24.3 Å². The van der Waals surface area contributed by atoms with Crippen LogP contribution in [0.5, 0.6) is 0 Å². The molecule has 0 saturated carbocycles. The highest BCUT2D eigenvalue weighted by atomic mass is 35.5. The van der Waals surface area contributed by atoms with Crippen molar-refractivity contribution in [2.24, 2.45) is 0 Å². The summed E-state index contributed by atoms with van der Waals surface area (Å²) in [6.07, 6.45) is 1.90. The summed E-state index contributed by atoms with van der Waals surface area (Å²) >= 11 is 7.54. The smallest absolute Gasteiger partial charge is 0.335 e. The van der Waals surface area contributed by atoms with Crippen LogP contribution in [0.15, 0.2) is 47.4 Å². The molecule has 108 valence electrons. The Hall–Kier alpha value is -1.98. The first kappa shape index (κ1) is 15.4. The molecule has 0 bridgehead atoms. The fourth-order valence-electron chi connectivity index (χ4n) is 1.73. The van der Waals surface area contributed by atoms with Gasteiger partial charge in [-0.1, -0.05) is 17.7 Å². The molecule has 0 aromatic heterocycles. The Labute approximate surface area is 131 Å². The van der Waals surface area contributed by atoms with Gasteiger partial charge in [0.05, 0.1) is 16.1 Å². The van der Waals surface area contributed by atoms with Gasteiger partial charge in [0, 0.05) is 10.6 Å². The minimum absolute atomic E-state index is 0.108. The lowest BCUT2D eigenvalue weighted by molar-refractivity contribution is 0.0696. The summed E-state index contributed by atoms with van der Waals surface area (Å²) in [5.74, 6) is -1.42. The van der Waals surface area contributed by atoms with E-state index in [1.165, 1.54) is 23.9 Å². The van der Waals surface area contributed by atoms with Crippen LogP contribution in [-0.2, 0) is 0 Å². The van der Waals surface area contributed by atoms with Crippen LogP contribution in [0.1, 0.15) is 20.7 Å². The SMILES string of the molecule is CSc1ccc(Cl)c(C(=O)Nc2cccc(C(=O)O)c2)c1. The van der Waals surface area contributed by atoms with Crippen molar-refractivity contribution in [1.82, 2.24) is 0 Å². The Morgan fingerprint density at radius 1 is 1.19 bits per heavy atom. The van der Waals surface area contributed by atoms with Crippen molar-refractivity contribution in [2.75, 3.05) is 11.6 Å². The molecular formula is C15H12ClNO3S. The average Bonchev–Trinajstić information content (AvgIpc) is 2.48. The first-order chi connectivity index (χ1) is 10.0. The van der Waals surface area contributed by atoms with Gasteiger partial charge in [0.1, 0.15) is 0 Å². The van der Waals surface area contributed by atoms with E-state index < -0.39 is 5.97 Å². The predicted molar refractivity (Wildman–Crippen MR) is 84.6 cm³/mol. The largest absolute Gasteiger partial charge is 0.478 e. The number of hydrogen-bond donors (Lipinski definition) is 2. The van der Waals surface area contributed by atoms with E-state index >= 15 is 0 Å². The fourth-order valence-corrected chi connectivity index (χ4v) is 2.38. The van der Waals surface area contributed by atoms with Gasteiger partial charge in [0.15, 0.2) is 0 Å². The van der Waals surface area contributed by atoms with Crippen molar-refractivity contribution < 1.29 is 14.7 Å². The second-order valence-corrected chi connectivity index (χ2v) is 5.47. The van der Waals surface area contributed by atoms with Crippen LogP contribution in [0, 0.1) is 0 Å². The molecule has 0 atom stereocenters. The van der Waals surface area contributed by atoms with E-state index in [2.05, 4.69) is 5.32 Å². The standard InChI is InChI=1S/C15H12ClNO3S/c1-21-11-5-6-13(16)12(8-11)14(18)17-10-4-2-3-9(7-10)15(19)20/h2-8H,1H3,(H,17,18)(H,19,20). The molecule has 0 saturated heterocycles. The zero-order valence-electron chi connectivity index (χ0n) is 11.1. The first-order valence-corrected chi connectivity index (χ1v) is 7.60. The third-order valence-electron chi connectivity index (χ3n) is 2.79. The molecule has 0 fully saturated rings. The number of carboxylic acids is 1. The molecule has 2 aromatic carbocycles. The van der Waals surface area contributed by atoms with Gasteiger partial charge in [-0.25, -0.2) is 4.79 Å². The highest BCUT2D eigenvalue weighted by Gasteiger charge is 2.12. The van der Waals surface area contributed by atoms with Gasteiger partial charge in [0.2, 0.25) is 0 Å². The second-order valence-electron chi connectivity index (χ2n) is 4.19. The number of aromatic carboxylic acids is 1. The van der Waals surface area contributed by atoms with Crippen molar-refractivity contribution in [3.05, 3.63) is 58.6 Å². The number of thioether (sulfide) groups is 1. The summed E-state index contributed by atoms with van der Waals surface area (Å²) in [5.41, 5.74) is 0.867. The Bertz CT molecular complexity index is 703. The number of nitrogens with one attached hydrogen (secondary N) is 1. The Kier molecular flexibility index (Phi) is 4.88. The first-order valence-electron chi connectivity index (χ1n) is 5.99. The molecule has 6 heteroatoms. The number of carboxylic acid groups (broad SMARTS) is 1. The number of hydrogen-bond acceptors (Lipinski definition) is 3. The maximum atomic E-state index is 12.2. The molecule has 2 rings (SSSR count). The minimum atomic E-state index is -1.05.